The molecular formula is C25H25N3O4S. The van der Waals surface area contributed by atoms with Gasteiger partial charge in [0, 0.05) is 35.9 Å². The molecule has 0 atom stereocenters. The van der Waals surface area contributed by atoms with E-state index >= 15 is 0 Å². The van der Waals surface area contributed by atoms with Gasteiger partial charge in [-0.1, -0.05) is 36.4 Å². The van der Waals surface area contributed by atoms with E-state index in [4.69, 9.17) is 0 Å². The number of hydrogen-bond donors (Lipinski definition) is 2. The van der Waals surface area contributed by atoms with Gasteiger partial charge in [0.25, 0.3) is 21.8 Å². The summed E-state index contributed by atoms with van der Waals surface area (Å²) in [4.78, 5) is 27.0. The van der Waals surface area contributed by atoms with Gasteiger partial charge in [-0.2, -0.15) is 0 Å². The zero-order valence-electron chi connectivity index (χ0n) is 18.0. The van der Waals surface area contributed by atoms with Gasteiger partial charge < -0.3 is 10.2 Å². The molecule has 0 spiro atoms. The van der Waals surface area contributed by atoms with E-state index in [0.29, 0.717) is 42.7 Å². The van der Waals surface area contributed by atoms with E-state index in [2.05, 4.69) is 10.0 Å². The van der Waals surface area contributed by atoms with E-state index in [1.54, 1.807) is 47.4 Å². The molecule has 2 N–H and O–H groups in total. The largest absolute Gasteiger partial charge is 0.349 e. The Hall–Kier alpha value is -3.65. The minimum absolute atomic E-state index is 0.0123. The molecule has 0 radical (unpaired) electrons. The number of nitrogens with zero attached hydrogens (tertiary/aromatic N) is 1. The second kappa shape index (κ2) is 9.87. The van der Waals surface area contributed by atoms with Crippen LogP contribution in [0.15, 0.2) is 89.8 Å². The Morgan fingerprint density at radius 1 is 0.758 bits per heavy atom. The lowest BCUT2D eigenvalue weighted by Crippen LogP contribution is -2.46. The highest BCUT2D eigenvalue weighted by atomic mass is 32.2. The van der Waals surface area contributed by atoms with Crippen molar-refractivity contribution in [1.82, 2.24) is 10.2 Å². The van der Waals surface area contributed by atoms with Crippen molar-refractivity contribution in [3.8, 4) is 0 Å². The van der Waals surface area contributed by atoms with Crippen LogP contribution >= 0.6 is 0 Å². The topological polar surface area (TPSA) is 95.6 Å². The summed E-state index contributed by atoms with van der Waals surface area (Å²) in [5, 5.41) is 3.03. The average Bonchev–Trinajstić information content (AvgIpc) is 2.85. The third-order valence-corrected chi connectivity index (χ3v) is 6.99. The summed E-state index contributed by atoms with van der Waals surface area (Å²) < 4.78 is 27.7. The standard InChI is InChI=1S/C25H25N3O4S/c29-24(19-7-3-1-4-8-19)26-21-15-17-28(18-16-21)25(30)20-11-13-23(14-12-20)33(31,32)27-22-9-5-2-6-10-22/h1-14,21,27H,15-18H2,(H,26,29). The first-order valence-electron chi connectivity index (χ1n) is 10.8. The van der Waals surface area contributed by atoms with Gasteiger partial charge in [0.2, 0.25) is 0 Å². The number of hydrogen-bond acceptors (Lipinski definition) is 4. The summed E-state index contributed by atoms with van der Waals surface area (Å²) in [5.41, 5.74) is 1.52. The summed E-state index contributed by atoms with van der Waals surface area (Å²) >= 11 is 0. The van der Waals surface area contributed by atoms with Crippen molar-refractivity contribution < 1.29 is 18.0 Å². The fraction of sp³-hybridized carbons (Fsp3) is 0.200. The Bertz CT molecular complexity index is 1210. The zero-order valence-corrected chi connectivity index (χ0v) is 18.8. The molecule has 1 saturated heterocycles. The van der Waals surface area contributed by atoms with Crippen molar-refractivity contribution in [3.05, 3.63) is 96.1 Å². The number of piperidine rings is 1. The number of anilines is 1. The number of likely N-dealkylation sites (tertiary alicyclic amines) is 1. The number of benzene rings is 3. The maximum Gasteiger partial charge on any atom is 0.261 e. The quantitative estimate of drug-likeness (QED) is 0.585. The summed E-state index contributed by atoms with van der Waals surface area (Å²) in [5.74, 6) is -0.260. The van der Waals surface area contributed by atoms with E-state index in [9.17, 15) is 18.0 Å². The highest BCUT2D eigenvalue weighted by Gasteiger charge is 2.25. The van der Waals surface area contributed by atoms with E-state index in [0.717, 1.165) is 0 Å². The van der Waals surface area contributed by atoms with Crippen molar-refractivity contribution in [2.24, 2.45) is 0 Å². The van der Waals surface area contributed by atoms with Crippen LogP contribution < -0.4 is 10.0 Å². The molecule has 1 aliphatic heterocycles. The minimum atomic E-state index is -3.74. The van der Waals surface area contributed by atoms with Crippen LogP contribution in [0.3, 0.4) is 0 Å². The number of para-hydroxylation sites is 1. The van der Waals surface area contributed by atoms with Gasteiger partial charge in [0.1, 0.15) is 0 Å². The molecule has 7 nitrogen and oxygen atoms in total. The van der Waals surface area contributed by atoms with Crippen molar-refractivity contribution in [1.29, 1.82) is 0 Å². The molecule has 1 fully saturated rings. The Balaban J connectivity index is 1.33. The fourth-order valence-electron chi connectivity index (χ4n) is 3.76. The van der Waals surface area contributed by atoms with Crippen molar-refractivity contribution >= 4 is 27.5 Å². The highest BCUT2D eigenvalue weighted by Crippen LogP contribution is 2.19. The highest BCUT2D eigenvalue weighted by molar-refractivity contribution is 7.92. The van der Waals surface area contributed by atoms with E-state index in [1.165, 1.54) is 24.3 Å². The van der Waals surface area contributed by atoms with E-state index in [-0.39, 0.29) is 22.8 Å². The van der Waals surface area contributed by atoms with Gasteiger partial charge >= 0.3 is 0 Å². The third kappa shape index (κ3) is 5.59. The fourth-order valence-corrected chi connectivity index (χ4v) is 4.82. The van der Waals surface area contributed by atoms with Gasteiger partial charge in [-0.05, 0) is 61.4 Å². The monoisotopic (exact) mass is 463 g/mol. The lowest BCUT2D eigenvalue weighted by molar-refractivity contribution is 0.0698. The second-order valence-electron chi connectivity index (χ2n) is 7.90. The molecule has 8 heteroatoms. The van der Waals surface area contributed by atoms with Gasteiger partial charge in [-0.3, -0.25) is 14.3 Å². The van der Waals surface area contributed by atoms with Gasteiger partial charge in [-0.15, -0.1) is 0 Å². The Morgan fingerprint density at radius 3 is 1.94 bits per heavy atom. The predicted molar refractivity (Wildman–Crippen MR) is 127 cm³/mol. The molecule has 1 aliphatic rings. The number of carbonyl (C=O) groups excluding carboxylic acids is 2. The smallest absolute Gasteiger partial charge is 0.261 e. The average molecular weight is 464 g/mol. The molecule has 2 amide bonds. The number of rotatable bonds is 6. The summed E-state index contributed by atoms with van der Waals surface area (Å²) in [6.07, 6.45) is 1.33. The third-order valence-electron chi connectivity index (χ3n) is 5.59. The first kappa shape index (κ1) is 22.5. The summed E-state index contributed by atoms with van der Waals surface area (Å²) in [6.45, 7) is 1.04. The zero-order chi connectivity index (χ0) is 23.3. The van der Waals surface area contributed by atoms with Crippen LogP contribution in [0.2, 0.25) is 0 Å². The molecule has 170 valence electrons. The lowest BCUT2D eigenvalue weighted by Gasteiger charge is -2.32. The minimum Gasteiger partial charge on any atom is -0.349 e. The van der Waals surface area contributed by atoms with Crippen molar-refractivity contribution in [2.75, 3.05) is 17.8 Å². The van der Waals surface area contributed by atoms with Gasteiger partial charge in [0.15, 0.2) is 0 Å². The van der Waals surface area contributed by atoms with Crippen LogP contribution in [0.25, 0.3) is 0 Å². The van der Waals surface area contributed by atoms with Crippen LogP contribution in [0.4, 0.5) is 5.69 Å². The van der Waals surface area contributed by atoms with E-state index in [1.807, 2.05) is 18.2 Å². The summed E-state index contributed by atoms with van der Waals surface area (Å²) in [7, 11) is -3.74. The maximum atomic E-state index is 12.9. The first-order chi connectivity index (χ1) is 15.9. The number of sulfonamides is 1. The van der Waals surface area contributed by atoms with Crippen molar-refractivity contribution in [2.45, 2.75) is 23.8 Å². The molecule has 0 aromatic heterocycles. The van der Waals surface area contributed by atoms with Crippen LogP contribution in [0, 0.1) is 0 Å². The lowest BCUT2D eigenvalue weighted by atomic mass is 10.0. The molecular weight excluding hydrogens is 438 g/mol. The van der Waals surface area contributed by atoms with Crippen molar-refractivity contribution in [3.63, 3.8) is 0 Å². The molecule has 0 aliphatic carbocycles. The molecule has 0 saturated carbocycles. The SMILES string of the molecule is O=C(NC1CCN(C(=O)c2ccc(S(=O)(=O)Nc3ccccc3)cc2)CC1)c1ccccc1. The molecule has 0 bridgehead atoms. The molecule has 3 aromatic carbocycles. The maximum absolute atomic E-state index is 12.9. The molecule has 3 aromatic rings. The van der Waals surface area contributed by atoms with Crippen LogP contribution in [-0.4, -0.2) is 44.3 Å². The predicted octanol–water partition coefficient (Wildman–Crippen LogP) is 3.52. The number of nitrogens with one attached hydrogen (secondary N) is 2. The molecule has 1 heterocycles. The first-order valence-corrected chi connectivity index (χ1v) is 12.2. The Labute approximate surface area is 193 Å². The summed E-state index contributed by atoms with van der Waals surface area (Å²) in [6, 6.07) is 23.6. The molecule has 4 rings (SSSR count). The Morgan fingerprint density at radius 2 is 1.33 bits per heavy atom. The number of amides is 2. The molecule has 0 unspecified atom stereocenters. The Kier molecular flexibility index (Phi) is 6.74. The second-order valence-corrected chi connectivity index (χ2v) is 9.58. The van der Waals surface area contributed by atoms with Gasteiger partial charge in [-0.25, -0.2) is 8.42 Å². The number of carbonyl (C=O) groups is 2. The molecule has 33 heavy (non-hydrogen) atoms. The normalized spacial score (nSPS) is 14.5. The van der Waals surface area contributed by atoms with Crippen LogP contribution in [0.1, 0.15) is 33.6 Å². The van der Waals surface area contributed by atoms with Crippen LogP contribution in [-0.2, 0) is 10.0 Å². The van der Waals surface area contributed by atoms with E-state index < -0.39 is 10.0 Å². The van der Waals surface area contributed by atoms with Gasteiger partial charge in [0.05, 0.1) is 4.90 Å². The van der Waals surface area contributed by atoms with Crippen LogP contribution in [0.5, 0.6) is 0 Å².